The van der Waals surface area contributed by atoms with Crippen molar-refractivity contribution in [3.05, 3.63) is 97.1 Å². The molecule has 27 heavy (non-hydrogen) atoms. The lowest BCUT2D eigenvalue weighted by Crippen LogP contribution is -1.83. The van der Waals surface area contributed by atoms with Gasteiger partial charge >= 0.3 is 0 Å². The lowest BCUT2D eigenvalue weighted by atomic mass is 9.96. The van der Waals surface area contributed by atoms with Gasteiger partial charge in [0.2, 0.25) is 0 Å². The third-order valence-electron chi connectivity index (χ3n) is 5.52. The summed E-state index contributed by atoms with van der Waals surface area (Å²) in [6.45, 7) is 0. The van der Waals surface area contributed by atoms with Crippen LogP contribution in [0.25, 0.3) is 54.5 Å². The number of hydrogen-bond acceptors (Lipinski definition) is 0. The van der Waals surface area contributed by atoms with Gasteiger partial charge in [0, 0.05) is 22.2 Å². The maximum Gasteiger partial charge on any atom is 0.0471 e. The van der Waals surface area contributed by atoms with Gasteiger partial charge < -0.3 is 4.98 Å². The lowest BCUT2D eigenvalue weighted by molar-refractivity contribution is 1.47. The maximum atomic E-state index is 3.58. The molecule has 5 aromatic carbocycles. The number of para-hydroxylation sites is 1. The molecule has 0 spiro atoms. The zero-order valence-electron chi connectivity index (χ0n) is 14.7. The topological polar surface area (TPSA) is 15.8 Å². The fraction of sp³-hybridized carbons (Fsp3) is 0. The van der Waals surface area contributed by atoms with Gasteiger partial charge in [-0.05, 0) is 68.7 Å². The minimum absolute atomic E-state index is 1.17. The first-order valence-corrected chi connectivity index (χ1v) is 9.29. The SMILES string of the molecule is c1ccc2cc3cc4c(-c5cc6ccccc6[nH]5)cccc4cc3cc2c1. The smallest absolute Gasteiger partial charge is 0.0471 e. The van der Waals surface area contributed by atoms with Crippen molar-refractivity contribution in [1.82, 2.24) is 4.98 Å². The van der Waals surface area contributed by atoms with E-state index in [4.69, 9.17) is 0 Å². The first-order valence-electron chi connectivity index (χ1n) is 9.29. The number of rotatable bonds is 1. The highest BCUT2D eigenvalue weighted by atomic mass is 14.7. The van der Waals surface area contributed by atoms with E-state index >= 15 is 0 Å². The highest BCUT2D eigenvalue weighted by Gasteiger charge is 2.09. The van der Waals surface area contributed by atoms with Crippen LogP contribution in [0.15, 0.2) is 97.1 Å². The molecule has 1 N–H and O–H groups in total. The highest BCUT2D eigenvalue weighted by molar-refractivity contribution is 6.08. The Kier molecular flexibility index (Phi) is 2.95. The van der Waals surface area contributed by atoms with Crippen molar-refractivity contribution < 1.29 is 0 Å². The average molecular weight is 343 g/mol. The van der Waals surface area contributed by atoms with Gasteiger partial charge in [-0.3, -0.25) is 0 Å². The summed E-state index contributed by atoms with van der Waals surface area (Å²) in [5.74, 6) is 0. The Morgan fingerprint density at radius 2 is 1.07 bits per heavy atom. The standard InChI is InChI=1S/C26H17N/c1-2-7-18-13-22-15-24-19(14-21(22)12-17(18)6-1)9-5-10-23(24)26-16-20-8-3-4-11-25(20)27-26/h1-16,27H. The van der Waals surface area contributed by atoms with Gasteiger partial charge in [0.15, 0.2) is 0 Å². The van der Waals surface area contributed by atoms with Gasteiger partial charge in [-0.2, -0.15) is 0 Å². The second-order valence-electron chi connectivity index (χ2n) is 7.20. The number of nitrogens with one attached hydrogen (secondary N) is 1. The Labute approximate surface area is 156 Å². The summed E-state index contributed by atoms with van der Waals surface area (Å²) in [7, 11) is 0. The molecule has 1 heterocycles. The molecule has 0 bridgehead atoms. The minimum Gasteiger partial charge on any atom is -0.355 e. The summed E-state index contributed by atoms with van der Waals surface area (Å²) in [4.78, 5) is 3.58. The van der Waals surface area contributed by atoms with Crippen LogP contribution < -0.4 is 0 Å². The molecule has 0 aliphatic heterocycles. The van der Waals surface area contributed by atoms with Gasteiger partial charge in [0.05, 0.1) is 0 Å². The van der Waals surface area contributed by atoms with Gasteiger partial charge in [-0.1, -0.05) is 60.7 Å². The quantitative estimate of drug-likeness (QED) is 0.302. The van der Waals surface area contributed by atoms with Crippen molar-refractivity contribution in [3.63, 3.8) is 0 Å². The molecule has 1 heteroatoms. The van der Waals surface area contributed by atoms with E-state index in [1.54, 1.807) is 0 Å². The monoisotopic (exact) mass is 343 g/mol. The van der Waals surface area contributed by atoms with E-state index in [2.05, 4.69) is 102 Å². The molecule has 0 unspecified atom stereocenters. The molecule has 6 aromatic rings. The first kappa shape index (κ1) is 14.6. The van der Waals surface area contributed by atoms with Crippen LogP contribution in [0.1, 0.15) is 0 Å². The molecule has 0 atom stereocenters. The Morgan fingerprint density at radius 1 is 0.444 bits per heavy atom. The Balaban J connectivity index is 1.67. The third kappa shape index (κ3) is 2.25. The second kappa shape index (κ2) is 5.46. The summed E-state index contributed by atoms with van der Waals surface area (Å²) in [6.07, 6.45) is 0. The van der Waals surface area contributed by atoms with Crippen LogP contribution in [0, 0.1) is 0 Å². The van der Waals surface area contributed by atoms with Crippen molar-refractivity contribution >= 4 is 43.2 Å². The number of aromatic nitrogens is 1. The summed E-state index contributed by atoms with van der Waals surface area (Å²) < 4.78 is 0. The number of aromatic amines is 1. The number of H-pyrrole nitrogens is 1. The molecule has 0 fully saturated rings. The van der Waals surface area contributed by atoms with E-state index in [-0.39, 0.29) is 0 Å². The molecule has 0 radical (unpaired) electrons. The molecule has 126 valence electrons. The van der Waals surface area contributed by atoms with Crippen LogP contribution in [-0.4, -0.2) is 4.98 Å². The van der Waals surface area contributed by atoms with E-state index in [1.165, 1.54) is 54.5 Å². The van der Waals surface area contributed by atoms with Crippen LogP contribution in [0.2, 0.25) is 0 Å². The Bertz CT molecular complexity index is 1440. The molecule has 0 amide bonds. The summed E-state index contributed by atoms with van der Waals surface area (Å²) in [5, 5.41) is 8.94. The summed E-state index contributed by atoms with van der Waals surface area (Å²) >= 11 is 0. The molecular formula is C26H17N. The fourth-order valence-corrected chi connectivity index (χ4v) is 4.17. The predicted molar refractivity (Wildman–Crippen MR) is 116 cm³/mol. The van der Waals surface area contributed by atoms with E-state index in [0.29, 0.717) is 0 Å². The number of fused-ring (bicyclic) bond motifs is 4. The zero-order valence-corrected chi connectivity index (χ0v) is 14.7. The van der Waals surface area contributed by atoms with Gasteiger partial charge in [0.25, 0.3) is 0 Å². The van der Waals surface area contributed by atoms with Crippen molar-refractivity contribution in [2.24, 2.45) is 0 Å². The Hall–Kier alpha value is -3.58. The molecule has 0 aliphatic rings. The van der Waals surface area contributed by atoms with E-state index in [1.807, 2.05) is 0 Å². The molecule has 0 saturated heterocycles. The van der Waals surface area contributed by atoms with E-state index in [9.17, 15) is 0 Å². The predicted octanol–water partition coefficient (Wildman–Crippen LogP) is 7.29. The van der Waals surface area contributed by atoms with E-state index < -0.39 is 0 Å². The zero-order chi connectivity index (χ0) is 17.8. The minimum atomic E-state index is 1.17. The number of hydrogen-bond donors (Lipinski definition) is 1. The molecular weight excluding hydrogens is 326 g/mol. The largest absolute Gasteiger partial charge is 0.355 e. The van der Waals surface area contributed by atoms with E-state index in [0.717, 1.165) is 0 Å². The normalized spacial score (nSPS) is 11.7. The Morgan fingerprint density at radius 3 is 1.85 bits per heavy atom. The summed E-state index contributed by atoms with van der Waals surface area (Å²) in [6, 6.07) is 35.0. The summed E-state index contributed by atoms with van der Waals surface area (Å²) in [5.41, 5.74) is 3.59. The molecule has 6 rings (SSSR count). The number of benzene rings is 5. The highest BCUT2D eigenvalue weighted by Crippen LogP contribution is 2.34. The fourth-order valence-electron chi connectivity index (χ4n) is 4.17. The lowest BCUT2D eigenvalue weighted by Gasteiger charge is -2.09. The van der Waals surface area contributed by atoms with Crippen molar-refractivity contribution in [2.45, 2.75) is 0 Å². The third-order valence-corrected chi connectivity index (χ3v) is 5.52. The molecule has 1 nitrogen and oxygen atoms in total. The van der Waals surface area contributed by atoms with Crippen LogP contribution in [-0.2, 0) is 0 Å². The maximum absolute atomic E-state index is 3.58. The average Bonchev–Trinajstić information content (AvgIpc) is 3.14. The van der Waals surface area contributed by atoms with Gasteiger partial charge in [-0.25, -0.2) is 0 Å². The first-order chi connectivity index (χ1) is 13.3. The molecule has 0 aliphatic carbocycles. The molecule has 0 saturated carbocycles. The van der Waals surface area contributed by atoms with Crippen molar-refractivity contribution in [3.8, 4) is 11.3 Å². The van der Waals surface area contributed by atoms with Crippen molar-refractivity contribution in [2.75, 3.05) is 0 Å². The van der Waals surface area contributed by atoms with Gasteiger partial charge in [-0.15, -0.1) is 0 Å². The van der Waals surface area contributed by atoms with Crippen molar-refractivity contribution in [1.29, 1.82) is 0 Å². The van der Waals surface area contributed by atoms with Gasteiger partial charge in [0.1, 0.15) is 0 Å². The van der Waals surface area contributed by atoms with Crippen LogP contribution in [0.3, 0.4) is 0 Å². The second-order valence-corrected chi connectivity index (χ2v) is 7.20. The van der Waals surface area contributed by atoms with Crippen LogP contribution in [0.5, 0.6) is 0 Å². The van der Waals surface area contributed by atoms with Crippen LogP contribution in [0.4, 0.5) is 0 Å². The van der Waals surface area contributed by atoms with Crippen LogP contribution >= 0.6 is 0 Å². The molecule has 1 aromatic heterocycles.